The van der Waals surface area contributed by atoms with Crippen LogP contribution in [0.4, 0.5) is 6.01 Å². The Bertz CT molecular complexity index is 433. The number of hydrogen-bond donors (Lipinski definition) is 2. The number of carbonyl (C=O) groups is 1. The maximum atomic E-state index is 12.0. The second-order valence-corrected chi connectivity index (χ2v) is 5.32. The van der Waals surface area contributed by atoms with Gasteiger partial charge in [-0.3, -0.25) is 10.1 Å². The van der Waals surface area contributed by atoms with Crippen molar-refractivity contribution in [3.63, 3.8) is 0 Å². The molecular formula is C12H18N4O2. The van der Waals surface area contributed by atoms with Gasteiger partial charge in [-0.1, -0.05) is 5.10 Å². The molecule has 0 atom stereocenters. The average molecular weight is 250 g/mol. The summed E-state index contributed by atoms with van der Waals surface area (Å²) in [6.45, 7) is 0. The highest BCUT2D eigenvalue weighted by Crippen LogP contribution is 2.39. The fraction of sp³-hybridized carbons (Fsp3) is 0.750. The molecule has 1 heterocycles. The van der Waals surface area contributed by atoms with E-state index in [4.69, 9.17) is 10.2 Å². The molecule has 3 N–H and O–H groups in total. The molecule has 2 aliphatic carbocycles. The second kappa shape index (κ2) is 4.68. The predicted octanol–water partition coefficient (Wildman–Crippen LogP) is 1.40. The zero-order valence-electron chi connectivity index (χ0n) is 10.3. The van der Waals surface area contributed by atoms with E-state index in [-0.39, 0.29) is 23.9 Å². The Morgan fingerprint density at radius 1 is 1.17 bits per heavy atom. The van der Waals surface area contributed by atoms with E-state index in [2.05, 4.69) is 15.5 Å². The van der Waals surface area contributed by atoms with Gasteiger partial charge >= 0.3 is 6.01 Å². The number of amides is 1. The fourth-order valence-electron chi connectivity index (χ4n) is 2.37. The number of nitrogens with two attached hydrogens (primary N) is 1. The first-order valence-electron chi connectivity index (χ1n) is 6.62. The standard InChI is InChI=1S/C12H18N4O2/c13-9-5-3-7(4-6-9)10(17)14-12-16-15-11(18-12)8-1-2-8/h7-9H,1-6,13H2,(H,14,16,17). The molecule has 0 radical (unpaired) electrons. The molecule has 1 amide bonds. The molecule has 2 saturated carbocycles. The van der Waals surface area contributed by atoms with E-state index < -0.39 is 0 Å². The number of rotatable bonds is 3. The van der Waals surface area contributed by atoms with Gasteiger partial charge in [0, 0.05) is 17.9 Å². The molecule has 18 heavy (non-hydrogen) atoms. The van der Waals surface area contributed by atoms with Crippen LogP contribution in [0.1, 0.15) is 50.3 Å². The van der Waals surface area contributed by atoms with E-state index in [1.165, 1.54) is 0 Å². The van der Waals surface area contributed by atoms with Crippen LogP contribution in [0.2, 0.25) is 0 Å². The maximum absolute atomic E-state index is 12.0. The zero-order valence-corrected chi connectivity index (χ0v) is 10.3. The molecule has 2 fully saturated rings. The third kappa shape index (κ3) is 2.53. The van der Waals surface area contributed by atoms with Crippen molar-refractivity contribution >= 4 is 11.9 Å². The van der Waals surface area contributed by atoms with Crippen LogP contribution in [-0.4, -0.2) is 22.1 Å². The van der Waals surface area contributed by atoms with Gasteiger partial charge in [-0.2, -0.15) is 0 Å². The topological polar surface area (TPSA) is 94.0 Å². The summed E-state index contributed by atoms with van der Waals surface area (Å²) in [5, 5.41) is 10.5. The first-order chi connectivity index (χ1) is 8.72. The minimum absolute atomic E-state index is 0.0205. The van der Waals surface area contributed by atoms with Gasteiger partial charge in [0.05, 0.1) is 0 Å². The molecule has 0 saturated heterocycles. The summed E-state index contributed by atoms with van der Waals surface area (Å²) in [6.07, 6.45) is 5.73. The smallest absolute Gasteiger partial charge is 0.322 e. The van der Waals surface area contributed by atoms with Crippen molar-refractivity contribution in [1.82, 2.24) is 10.2 Å². The van der Waals surface area contributed by atoms with Crippen molar-refractivity contribution in [2.45, 2.75) is 50.5 Å². The Hall–Kier alpha value is -1.43. The van der Waals surface area contributed by atoms with Crippen LogP contribution in [0.5, 0.6) is 0 Å². The quantitative estimate of drug-likeness (QED) is 0.845. The van der Waals surface area contributed by atoms with Crippen LogP contribution in [0.15, 0.2) is 4.42 Å². The lowest BCUT2D eigenvalue weighted by atomic mass is 9.86. The van der Waals surface area contributed by atoms with Crippen molar-refractivity contribution in [3.05, 3.63) is 5.89 Å². The fourth-order valence-corrected chi connectivity index (χ4v) is 2.37. The Morgan fingerprint density at radius 3 is 2.56 bits per heavy atom. The van der Waals surface area contributed by atoms with E-state index in [1.54, 1.807) is 0 Å². The molecule has 0 spiro atoms. The van der Waals surface area contributed by atoms with Crippen LogP contribution in [0, 0.1) is 5.92 Å². The normalized spacial score (nSPS) is 28.1. The summed E-state index contributed by atoms with van der Waals surface area (Å²) >= 11 is 0. The van der Waals surface area contributed by atoms with Crippen LogP contribution in [0.3, 0.4) is 0 Å². The summed E-state index contributed by atoms with van der Waals surface area (Å²) in [7, 11) is 0. The monoisotopic (exact) mass is 250 g/mol. The third-order valence-electron chi connectivity index (χ3n) is 3.74. The first-order valence-corrected chi connectivity index (χ1v) is 6.62. The van der Waals surface area contributed by atoms with Gasteiger partial charge in [-0.15, -0.1) is 5.10 Å². The van der Waals surface area contributed by atoms with Crippen molar-refractivity contribution in [2.24, 2.45) is 11.7 Å². The highest BCUT2D eigenvalue weighted by Gasteiger charge is 2.30. The zero-order chi connectivity index (χ0) is 12.5. The molecule has 0 unspecified atom stereocenters. The van der Waals surface area contributed by atoms with Crippen molar-refractivity contribution in [3.8, 4) is 0 Å². The maximum Gasteiger partial charge on any atom is 0.322 e. The van der Waals surface area contributed by atoms with E-state index in [0.717, 1.165) is 38.5 Å². The van der Waals surface area contributed by atoms with E-state index >= 15 is 0 Å². The Kier molecular flexibility index (Phi) is 3.03. The van der Waals surface area contributed by atoms with Gasteiger partial charge in [0.25, 0.3) is 0 Å². The number of hydrogen-bond acceptors (Lipinski definition) is 5. The molecule has 6 heteroatoms. The highest BCUT2D eigenvalue weighted by atomic mass is 16.4. The van der Waals surface area contributed by atoms with E-state index in [1.807, 2.05) is 0 Å². The third-order valence-corrected chi connectivity index (χ3v) is 3.74. The Morgan fingerprint density at radius 2 is 1.89 bits per heavy atom. The van der Waals surface area contributed by atoms with Crippen LogP contribution >= 0.6 is 0 Å². The van der Waals surface area contributed by atoms with Crippen LogP contribution in [0.25, 0.3) is 0 Å². The van der Waals surface area contributed by atoms with Crippen molar-refractivity contribution < 1.29 is 9.21 Å². The molecule has 98 valence electrons. The minimum Gasteiger partial charge on any atom is -0.408 e. The molecule has 1 aromatic heterocycles. The second-order valence-electron chi connectivity index (χ2n) is 5.32. The molecule has 3 rings (SSSR count). The van der Waals surface area contributed by atoms with Crippen molar-refractivity contribution in [1.29, 1.82) is 0 Å². The Labute approximate surface area is 105 Å². The van der Waals surface area contributed by atoms with E-state index in [9.17, 15) is 4.79 Å². The lowest BCUT2D eigenvalue weighted by Crippen LogP contribution is -2.32. The summed E-state index contributed by atoms with van der Waals surface area (Å²) in [5.41, 5.74) is 5.82. The van der Waals surface area contributed by atoms with Gasteiger partial charge in [-0.05, 0) is 38.5 Å². The average Bonchev–Trinajstić information content (AvgIpc) is 3.11. The number of nitrogens with one attached hydrogen (secondary N) is 1. The lowest BCUT2D eigenvalue weighted by Gasteiger charge is -2.24. The van der Waals surface area contributed by atoms with Gasteiger partial charge in [0.1, 0.15) is 0 Å². The van der Waals surface area contributed by atoms with Gasteiger partial charge in [0.15, 0.2) is 0 Å². The van der Waals surface area contributed by atoms with Gasteiger partial charge in [-0.25, -0.2) is 0 Å². The molecule has 0 aliphatic heterocycles. The summed E-state index contributed by atoms with van der Waals surface area (Å²) < 4.78 is 5.41. The summed E-state index contributed by atoms with van der Waals surface area (Å²) in [5.74, 6) is 1.07. The molecular weight excluding hydrogens is 232 g/mol. The number of nitrogens with zero attached hydrogens (tertiary/aromatic N) is 2. The Balaban J connectivity index is 1.56. The molecule has 6 nitrogen and oxygen atoms in total. The predicted molar refractivity (Wildman–Crippen MR) is 64.8 cm³/mol. The van der Waals surface area contributed by atoms with E-state index in [0.29, 0.717) is 11.8 Å². The molecule has 2 aliphatic rings. The number of carbonyl (C=O) groups excluding carboxylic acids is 1. The molecule has 1 aromatic rings. The van der Waals surface area contributed by atoms with Gasteiger partial charge < -0.3 is 10.2 Å². The molecule has 0 bridgehead atoms. The first kappa shape index (κ1) is 11.6. The SMILES string of the molecule is NC1CCC(C(=O)Nc2nnc(C3CC3)o2)CC1. The summed E-state index contributed by atoms with van der Waals surface area (Å²) in [6, 6.07) is 0.482. The lowest BCUT2D eigenvalue weighted by molar-refractivity contribution is -0.120. The number of anilines is 1. The highest BCUT2D eigenvalue weighted by molar-refractivity contribution is 5.90. The largest absolute Gasteiger partial charge is 0.408 e. The minimum atomic E-state index is -0.0205. The van der Waals surface area contributed by atoms with Crippen LogP contribution in [-0.2, 0) is 4.79 Å². The molecule has 0 aromatic carbocycles. The van der Waals surface area contributed by atoms with Crippen LogP contribution < -0.4 is 11.1 Å². The van der Waals surface area contributed by atoms with Gasteiger partial charge in [0.2, 0.25) is 11.8 Å². The summed E-state index contributed by atoms with van der Waals surface area (Å²) in [4.78, 5) is 12.0. The number of aromatic nitrogens is 2. The van der Waals surface area contributed by atoms with Crippen molar-refractivity contribution in [2.75, 3.05) is 5.32 Å².